The first-order chi connectivity index (χ1) is 19.5. The standard InChI is InChI=1S/C29H36F2N8O/c1-37-24-4-10-32-28(40)22(24)16-25(37)27-23(31)18-34-29(36-27)35-26-3-2-21(17-33-26)39-13-7-20(8-14-39)19-5-11-38(12-6-19)15-9-30/h2-3,16-20H,4-15H2,1H3,(H,32,40)(H,33,34,35,36). The summed E-state index contributed by atoms with van der Waals surface area (Å²) in [5, 5.41) is 5.91. The minimum Gasteiger partial charge on any atom is -0.370 e. The molecular formula is C29H36F2N8O. The normalized spacial score (nSPS) is 19.0. The van der Waals surface area contributed by atoms with E-state index in [0.29, 0.717) is 36.6 Å². The molecule has 2 fully saturated rings. The maximum atomic E-state index is 14.8. The Morgan fingerprint density at radius 2 is 1.80 bits per heavy atom. The number of aromatic nitrogens is 4. The molecule has 0 spiro atoms. The highest BCUT2D eigenvalue weighted by molar-refractivity contribution is 5.97. The summed E-state index contributed by atoms with van der Waals surface area (Å²) in [6.45, 7) is 4.95. The van der Waals surface area contributed by atoms with Crippen LogP contribution in [0.15, 0.2) is 30.6 Å². The minimum absolute atomic E-state index is 0.134. The van der Waals surface area contributed by atoms with Crippen molar-refractivity contribution in [1.29, 1.82) is 0 Å². The fourth-order valence-electron chi connectivity index (χ4n) is 6.52. The number of nitrogens with one attached hydrogen (secondary N) is 2. The van der Waals surface area contributed by atoms with Crippen molar-refractivity contribution in [2.24, 2.45) is 18.9 Å². The van der Waals surface area contributed by atoms with E-state index in [1.807, 2.05) is 29.9 Å². The van der Waals surface area contributed by atoms with Crippen molar-refractivity contribution in [3.05, 3.63) is 47.7 Å². The fraction of sp³-hybridized carbons (Fsp3) is 0.517. The van der Waals surface area contributed by atoms with E-state index >= 15 is 0 Å². The zero-order valence-electron chi connectivity index (χ0n) is 22.9. The lowest BCUT2D eigenvalue weighted by molar-refractivity contribution is 0.0945. The number of likely N-dealkylation sites (tertiary alicyclic amines) is 1. The monoisotopic (exact) mass is 550 g/mol. The van der Waals surface area contributed by atoms with Gasteiger partial charge in [-0.15, -0.1) is 0 Å². The van der Waals surface area contributed by atoms with Crippen LogP contribution < -0.4 is 15.5 Å². The molecule has 11 heteroatoms. The summed E-state index contributed by atoms with van der Waals surface area (Å²) in [7, 11) is 1.82. The van der Waals surface area contributed by atoms with Crippen molar-refractivity contribution in [2.75, 3.05) is 56.2 Å². The Bertz CT molecular complexity index is 1340. The molecule has 0 aliphatic carbocycles. The number of piperidine rings is 2. The van der Waals surface area contributed by atoms with Gasteiger partial charge < -0.3 is 25.0 Å². The van der Waals surface area contributed by atoms with Crippen molar-refractivity contribution in [1.82, 2.24) is 29.7 Å². The Morgan fingerprint density at radius 3 is 2.48 bits per heavy atom. The molecule has 3 aliphatic heterocycles. The molecule has 0 radical (unpaired) electrons. The highest BCUT2D eigenvalue weighted by atomic mass is 19.1. The Kier molecular flexibility index (Phi) is 7.64. The summed E-state index contributed by atoms with van der Waals surface area (Å²) in [5.74, 6) is 1.59. The second kappa shape index (κ2) is 11.5. The third-order valence-electron chi connectivity index (χ3n) is 8.83. The number of rotatable bonds is 7. The SMILES string of the molecule is Cn1c(-c2nc(Nc3ccc(N4CCC(C5CCN(CCF)CC5)CC4)cn3)ncc2F)cc2c1CCNC2=O. The zero-order valence-corrected chi connectivity index (χ0v) is 22.9. The topological polar surface area (TPSA) is 91.2 Å². The Labute approximate surface area is 233 Å². The molecule has 9 nitrogen and oxygen atoms in total. The Morgan fingerprint density at radius 1 is 1.05 bits per heavy atom. The van der Waals surface area contributed by atoms with E-state index in [0.717, 1.165) is 55.6 Å². The van der Waals surface area contributed by atoms with Crippen molar-refractivity contribution < 1.29 is 13.6 Å². The minimum atomic E-state index is -0.555. The molecule has 3 aromatic heterocycles. The molecule has 0 unspecified atom stereocenters. The fourth-order valence-corrected chi connectivity index (χ4v) is 6.52. The predicted molar refractivity (Wildman–Crippen MR) is 150 cm³/mol. The van der Waals surface area contributed by atoms with Gasteiger partial charge in [-0.1, -0.05) is 0 Å². The molecule has 2 N–H and O–H groups in total. The van der Waals surface area contributed by atoms with Crippen molar-refractivity contribution >= 4 is 23.4 Å². The molecule has 3 aromatic rings. The Balaban J connectivity index is 1.08. The van der Waals surface area contributed by atoms with E-state index in [9.17, 15) is 13.6 Å². The van der Waals surface area contributed by atoms with Gasteiger partial charge >= 0.3 is 0 Å². The Hall–Kier alpha value is -3.60. The van der Waals surface area contributed by atoms with Gasteiger partial charge in [-0.3, -0.25) is 4.79 Å². The van der Waals surface area contributed by atoms with Crippen LogP contribution >= 0.6 is 0 Å². The third kappa shape index (κ3) is 5.39. The number of carbonyl (C=O) groups is 1. The van der Waals surface area contributed by atoms with Gasteiger partial charge in [0.2, 0.25) is 5.95 Å². The highest BCUT2D eigenvalue weighted by Crippen LogP contribution is 2.34. The summed E-state index contributed by atoms with van der Waals surface area (Å²) >= 11 is 0. The molecule has 2 saturated heterocycles. The number of carbonyl (C=O) groups excluding carboxylic acids is 1. The molecule has 212 valence electrons. The van der Waals surface area contributed by atoms with Crippen LogP contribution in [0, 0.1) is 17.7 Å². The van der Waals surface area contributed by atoms with Crippen LogP contribution in [-0.4, -0.2) is 76.3 Å². The average Bonchev–Trinajstić information content (AvgIpc) is 3.32. The summed E-state index contributed by atoms with van der Waals surface area (Å²) < 4.78 is 29.2. The average molecular weight is 551 g/mol. The summed E-state index contributed by atoms with van der Waals surface area (Å²) in [5.41, 5.74) is 3.16. The smallest absolute Gasteiger partial charge is 0.253 e. The van der Waals surface area contributed by atoms with Crippen LogP contribution in [0.4, 0.5) is 26.2 Å². The second-order valence-corrected chi connectivity index (χ2v) is 11.1. The van der Waals surface area contributed by atoms with Gasteiger partial charge in [0.05, 0.1) is 29.3 Å². The van der Waals surface area contributed by atoms with Crippen LogP contribution in [0.2, 0.25) is 0 Å². The molecule has 1 amide bonds. The number of pyridine rings is 1. The number of hydrogen-bond donors (Lipinski definition) is 2. The number of anilines is 3. The molecule has 0 aromatic carbocycles. The zero-order chi connectivity index (χ0) is 27.6. The van der Waals surface area contributed by atoms with Crippen LogP contribution in [0.3, 0.4) is 0 Å². The maximum absolute atomic E-state index is 14.8. The quantitative estimate of drug-likeness (QED) is 0.461. The predicted octanol–water partition coefficient (Wildman–Crippen LogP) is 3.94. The number of fused-ring (bicyclic) bond motifs is 1. The highest BCUT2D eigenvalue weighted by Gasteiger charge is 2.30. The van der Waals surface area contributed by atoms with Gasteiger partial charge in [0.15, 0.2) is 5.82 Å². The molecule has 0 atom stereocenters. The van der Waals surface area contributed by atoms with E-state index in [4.69, 9.17) is 0 Å². The first-order valence-corrected chi connectivity index (χ1v) is 14.3. The molecule has 6 heterocycles. The first-order valence-electron chi connectivity index (χ1n) is 14.3. The largest absolute Gasteiger partial charge is 0.370 e. The van der Waals surface area contributed by atoms with E-state index in [1.54, 1.807) is 6.07 Å². The molecule has 40 heavy (non-hydrogen) atoms. The number of alkyl halides is 1. The van der Waals surface area contributed by atoms with Crippen LogP contribution in [0.1, 0.15) is 41.7 Å². The maximum Gasteiger partial charge on any atom is 0.253 e. The van der Waals surface area contributed by atoms with Crippen molar-refractivity contribution in [3.8, 4) is 11.4 Å². The third-order valence-corrected chi connectivity index (χ3v) is 8.83. The molecular weight excluding hydrogens is 514 g/mol. The lowest BCUT2D eigenvalue weighted by atomic mass is 9.79. The number of hydrogen-bond acceptors (Lipinski definition) is 7. The summed E-state index contributed by atoms with van der Waals surface area (Å²) in [6, 6.07) is 5.62. The lowest BCUT2D eigenvalue weighted by Gasteiger charge is -2.40. The van der Waals surface area contributed by atoms with Crippen molar-refractivity contribution in [3.63, 3.8) is 0 Å². The van der Waals surface area contributed by atoms with Gasteiger partial charge in [0.1, 0.15) is 18.2 Å². The molecule has 0 saturated carbocycles. The van der Waals surface area contributed by atoms with E-state index in [2.05, 4.69) is 35.4 Å². The van der Waals surface area contributed by atoms with Gasteiger partial charge in [-0.05, 0) is 68.8 Å². The van der Waals surface area contributed by atoms with Crippen LogP contribution in [-0.2, 0) is 13.5 Å². The van der Waals surface area contributed by atoms with E-state index in [-0.39, 0.29) is 24.2 Å². The lowest BCUT2D eigenvalue weighted by Crippen LogP contribution is -2.41. The van der Waals surface area contributed by atoms with Gasteiger partial charge in [0.25, 0.3) is 5.91 Å². The molecule has 6 rings (SSSR count). The van der Waals surface area contributed by atoms with Crippen molar-refractivity contribution in [2.45, 2.75) is 32.1 Å². The van der Waals surface area contributed by atoms with Gasteiger partial charge in [-0.2, -0.15) is 0 Å². The number of amides is 1. The molecule has 3 aliphatic rings. The number of nitrogens with zero attached hydrogens (tertiary/aromatic N) is 6. The van der Waals surface area contributed by atoms with Crippen LogP contribution in [0.5, 0.6) is 0 Å². The van der Waals surface area contributed by atoms with Gasteiger partial charge in [0, 0.05) is 45.3 Å². The second-order valence-electron chi connectivity index (χ2n) is 11.1. The molecule has 0 bridgehead atoms. The number of halogens is 2. The summed E-state index contributed by atoms with van der Waals surface area (Å²) in [4.78, 5) is 30.0. The summed E-state index contributed by atoms with van der Waals surface area (Å²) in [6.07, 6.45) is 8.38. The van der Waals surface area contributed by atoms with Gasteiger partial charge in [-0.25, -0.2) is 23.7 Å². The van der Waals surface area contributed by atoms with Crippen LogP contribution in [0.25, 0.3) is 11.4 Å². The van der Waals surface area contributed by atoms with E-state index in [1.165, 1.54) is 25.7 Å². The van der Waals surface area contributed by atoms with E-state index < -0.39 is 5.82 Å². The first kappa shape index (κ1) is 26.6.